The average molecular weight is 631 g/mol. The number of rotatable bonds is 2. The van der Waals surface area contributed by atoms with Crippen molar-refractivity contribution in [3.05, 3.63) is 180 Å². The lowest BCUT2D eigenvalue weighted by molar-refractivity contribution is 0.0224. The highest BCUT2D eigenvalue weighted by Crippen LogP contribution is 2.57. The van der Waals surface area contributed by atoms with Gasteiger partial charge in [-0.1, -0.05) is 91.0 Å². The third-order valence-corrected chi connectivity index (χ3v) is 10.4. The Kier molecular flexibility index (Phi) is 5.13. The number of carbonyl (C=O) groups excluding carboxylic acids is 1. The molecule has 4 heterocycles. The molecule has 0 aliphatic carbocycles. The zero-order valence-corrected chi connectivity index (χ0v) is 26.1. The van der Waals surface area contributed by atoms with Gasteiger partial charge in [0.2, 0.25) is 0 Å². The van der Waals surface area contributed by atoms with Crippen molar-refractivity contribution in [2.45, 2.75) is 5.60 Å². The molecule has 5 heteroatoms. The highest BCUT2D eigenvalue weighted by atomic mass is 16.6. The van der Waals surface area contributed by atoms with Crippen LogP contribution in [-0.2, 0) is 10.3 Å². The molecule has 0 saturated heterocycles. The molecule has 5 nitrogen and oxygen atoms in total. The third kappa shape index (κ3) is 3.41. The fourth-order valence-electron chi connectivity index (χ4n) is 8.33. The first-order valence-corrected chi connectivity index (χ1v) is 16.5. The smallest absolute Gasteiger partial charge is 0.340 e. The van der Waals surface area contributed by atoms with Crippen LogP contribution in [0.3, 0.4) is 0 Å². The lowest BCUT2D eigenvalue weighted by atomic mass is 9.77. The van der Waals surface area contributed by atoms with Crippen LogP contribution in [0.25, 0.3) is 55.0 Å². The largest absolute Gasteiger partial charge is 0.456 e. The van der Waals surface area contributed by atoms with E-state index in [1.54, 1.807) is 0 Å². The van der Waals surface area contributed by atoms with Crippen molar-refractivity contribution in [1.82, 2.24) is 9.13 Å². The SMILES string of the molecule is O=C1OC2(c3ccc(-n4c5ccccc5c5ccccc54)cc3Oc3cc(-n4c5ccccc5c5ccccc54)ccc32)c2ccccc21. The van der Waals surface area contributed by atoms with E-state index < -0.39 is 5.60 Å². The molecule has 0 fully saturated rings. The van der Waals surface area contributed by atoms with E-state index in [0.29, 0.717) is 17.1 Å². The number of aromatic nitrogens is 2. The Morgan fingerprint density at radius 3 is 1.31 bits per heavy atom. The topological polar surface area (TPSA) is 45.4 Å². The second kappa shape index (κ2) is 9.49. The molecular formula is C44H26N2O3. The second-order valence-corrected chi connectivity index (χ2v) is 12.8. The van der Waals surface area contributed by atoms with Crippen LogP contribution >= 0.6 is 0 Å². The first-order valence-electron chi connectivity index (χ1n) is 16.5. The Bertz CT molecular complexity index is 2610. The predicted molar refractivity (Wildman–Crippen MR) is 193 cm³/mol. The monoisotopic (exact) mass is 630 g/mol. The molecule has 0 N–H and O–H groups in total. The number of hydrogen-bond acceptors (Lipinski definition) is 3. The van der Waals surface area contributed by atoms with Gasteiger partial charge in [-0.05, 0) is 54.6 Å². The molecule has 9 aromatic rings. The number of hydrogen-bond donors (Lipinski definition) is 0. The van der Waals surface area contributed by atoms with Crippen LogP contribution in [0.15, 0.2) is 158 Å². The van der Waals surface area contributed by atoms with E-state index in [4.69, 9.17) is 9.47 Å². The average Bonchev–Trinajstić information content (AvgIpc) is 3.77. The summed E-state index contributed by atoms with van der Waals surface area (Å²) >= 11 is 0. The number of ether oxygens (including phenoxy) is 2. The fraction of sp³-hybridized carbons (Fsp3) is 0.0227. The number of para-hydroxylation sites is 4. The van der Waals surface area contributed by atoms with E-state index in [1.165, 1.54) is 21.5 Å². The van der Waals surface area contributed by atoms with Gasteiger partial charge in [0.1, 0.15) is 11.5 Å². The van der Waals surface area contributed by atoms with Gasteiger partial charge in [-0.15, -0.1) is 0 Å². The Labute approximate surface area is 280 Å². The van der Waals surface area contributed by atoms with Crippen molar-refractivity contribution in [3.8, 4) is 22.9 Å². The van der Waals surface area contributed by atoms with Crippen LogP contribution in [0.1, 0.15) is 27.0 Å². The minimum atomic E-state index is -1.16. The number of fused-ring (bicyclic) bond motifs is 12. The van der Waals surface area contributed by atoms with E-state index in [9.17, 15) is 4.79 Å². The molecule has 7 aromatic carbocycles. The van der Waals surface area contributed by atoms with Gasteiger partial charge in [-0.3, -0.25) is 0 Å². The molecule has 2 aromatic heterocycles. The van der Waals surface area contributed by atoms with Gasteiger partial charge in [-0.2, -0.15) is 0 Å². The van der Waals surface area contributed by atoms with Gasteiger partial charge in [0, 0.05) is 61.7 Å². The molecule has 0 unspecified atom stereocenters. The Hall–Kier alpha value is -6.59. The summed E-state index contributed by atoms with van der Waals surface area (Å²) < 4.78 is 18.0. The van der Waals surface area contributed by atoms with E-state index >= 15 is 0 Å². The van der Waals surface area contributed by atoms with Gasteiger partial charge in [0.15, 0.2) is 5.60 Å². The maximum Gasteiger partial charge on any atom is 0.340 e. The van der Waals surface area contributed by atoms with Crippen LogP contribution in [-0.4, -0.2) is 15.1 Å². The van der Waals surface area contributed by atoms with Crippen molar-refractivity contribution in [2.75, 3.05) is 0 Å². The Morgan fingerprint density at radius 1 is 0.429 bits per heavy atom. The van der Waals surface area contributed by atoms with Crippen LogP contribution in [0.4, 0.5) is 0 Å². The molecular weight excluding hydrogens is 604 g/mol. The summed E-state index contributed by atoms with van der Waals surface area (Å²) in [5.74, 6) is 0.957. The van der Waals surface area contributed by atoms with E-state index in [-0.39, 0.29) is 5.97 Å². The summed E-state index contributed by atoms with van der Waals surface area (Å²) in [5, 5.41) is 4.75. The maximum atomic E-state index is 13.6. The highest BCUT2D eigenvalue weighted by Gasteiger charge is 2.53. The summed E-state index contributed by atoms with van der Waals surface area (Å²) in [6.45, 7) is 0. The molecule has 49 heavy (non-hydrogen) atoms. The molecule has 230 valence electrons. The maximum absolute atomic E-state index is 13.6. The minimum absolute atomic E-state index is 0.340. The Balaban J connectivity index is 1.18. The summed E-state index contributed by atoms with van der Waals surface area (Å²) in [5.41, 5.74) is 8.20. The standard InChI is InChI=1S/C44H26N2O3/c47-43-33-15-1-6-16-34(33)44(49-43)35-23-21-27(45-37-17-7-2-11-29(37)30-12-3-8-18-38(30)45)25-41(35)48-42-26-28(22-24-36(42)44)46-39-19-9-4-13-31(39)32-14-5-10-20-40(32)46/h1-26H. The normalized spacial score (nSPS) is 14.2. The highest BCUT2D eigenvalue weighted by molar-refractivity contribution is 6.10. The molecule has 2 aliphatic rings. The zero-order chi connectivity index (χ0) is 32.3. The molecule has 1 spiro atoms. The number of nitrogens with zero attached hydrogens (tertiary/aromatic N) is 2. The molecule has 0 radical (unpaired) electrons. The van der Waals surface area contributed by atoms with Gasteiger partial charge < -0.3 is 18.6 Å². The number of carbonyl (C=O) groups is 1. The summed E-state index contributed by atoms with van der Waals surface area (Å²) in [7, 11) is 0. The molecule has 2 aliphatic heterocycles. The number of benzene rings is 7. The molecule has 0 bridgehead atoms. The van der Waals surface area contributed by atoms with E-state index in [1.807, 2.05) is 24.3 Å². The first kappa shape index (κ1) is 26.5. The predicted octanol–water partition coefficient (Wildman–Crippen LogP) is 10.4. The number of esters is 1. The van der Waals surface area contributed by atoms with Crippen molar-refractivity contribution in [2.24, 2.45) is 0 Å². The Morgan fingerprint density at radius 2 is 0.837 bits per heavy atom. The first-order chi connectivity index (χ1) is 24.2. The van der Waals surface area contributed by atoms with E-state index in [2.05, 4.69) is 143 Å². The van der Waals surface area contributed by atoms with Crippen LogP contribution < -0.4 is 4.74 Å². The van der Waals surface area contributed by atoms with Crippen LogP contribution in [0.2, 0.25) is 0 Å². The van der Waals surface area contributed by atoms with Crippen molar-refractivity contribution >= 4 is 49.6 Å². The molecule has 0 saturated carbocycles. The zero-order valence-electron chi connectivity index (χ0n) is 26.1. The van der Waals surface area contributed by atoms with Crippen molar-refractivity contribution < 1.29 is 14.3 Å². The van der Waals surface area contributed by atoms with Crippen molar-refractivity contribution in [3.63, 3.8) is 0 Å². The lowest BCUT2D eigenvalue weighted by Crippen LogP contribution is -2.33. The molecule has 0 atom stereocenters. The summed E-state index contributed by atoms with van der Waals surface area (Å²) in [4.78, 5) is 13.6. The molecule has 0 amide bonds. The second-order valence-electron chi connectivity index (χ2n) is 12.8. The summed E-state index contributed by atoms with van der Waals surface area (Å²) in [6, 6.07) is 54.1. The van der Waals surface area contributed by atoms with Gasteiger partial charge in [-0.25, -0.2) is 4.79 Å². The molecule has 11 rings (SSSR count). The minimum Gasteiger partial charge on any atom is -0.456 e. The van der Waals surface area contributed by atoms with Crippen molar-refractivity contribution in [1.29, 1.82) is 0 Å². The van der Waals surface area contributed by atoms with E-state index in [0.717, 1.165) is 50.1 Å². The lowest BCUT2D eigenvalue weighted by Gasteiger charge is -2.37. The summed E-state index contributed by atoms with van der Waals surface area (Å²) in [6.07, 6.45) is 0. The quantitative estimate of drug-likeness (QED) is 0.179. The van der Waals surface area contributed by atoms with Crippen LogP contribution in [0.5, 0.6) is 11.5 Å². The van der Waals surface area contributed by atoms with Gasteiger partial charge in [0.25, 0.3) is 0 Å². The van der Waals surface area contributed by atoms with Gasteiger partial charge in [0.05, 0.1) is 27.6 Å². The third-order valence-electron chi connectivity index (χ3n) is 10.4. The van der Waals surface area contributed by atoms with Crippen LogP contribution in [0, 0.1) is 0 Å². The van der Waals surface area contributed by atoms with Gasteiger partial charge >= 0.3 is 5.97 Å². The fourth-order valence-corrected chi connectivity index (χ4v) is 8.33.